The Bertz CT molecular complexity index is 696. The van der Waals surface area contributed by atoms with Crippen LogP contribution in [0.1, 0.15) is 16.7 Å². The number of para-hydroxylation sites is 1. The molecule has 0 saturated carbocycles. The lowest BCUT2D eigenvalue weighted by molar-refractivity contribution is -0.119. The second-order valence-electron chi connectivity index (χ2n) is 5.03. The van der Waals surface area contributed by atoms with Crippen molar-refractivity contribution < 1.29 is 9.90 Å². The lowest BCUT2D eigenvalue weighted by atomic mass is 10.1. The topological polar surface area (TPSA) is 73.7 Å². The Balaban J connectivity index is 1.85. The van der Waals surface area contributed by atoms with Crippen LogP contribution in [0.3, 0.4) is 0 Å². The quantitative estimate of drug-likeness (QED) is 0.586. The lowest BCUT2D eigenvalue weighted by Crippen LogP contribution is -2.25. The predicted octanol–water partition coefficient (Wildman–Crippen LogP) is 2.57. The van der Waals surface area contributed by atoms with Crippen molar-refractivity contribution in [3.8, 4) is 5.75 Å². The highest BCUT2D eigenvalue weighted by Gasteiger charge is 2.02. The zero-order valence-electron chi connectivity index (χ0n) is 12.6. The molecule has 114 valence electrons. The number of benzene rings is 2. The van der Waals surface area contributed by atoms with Crippen LogP contribution in [0, 0.1) is 13.8 Å². The molecule has 0 spiro atoms. The summed E-state index contributed by atoms with van der Waals surface area (Å²) >= 11 is 0. The maximum atomic E-state index is 11.7. The van der Waals surface area contributed by atoms with E-state index < -0.39 is 0 Å². The lowest BCUT2D eigenvalue weighted by Gasteiger charge is -2.06. The van der Waals surface area contributed by atoms with Crippen molar-refractivity contribution in [1.29, 1.82) is 0 Å². The summed E-state index contributed by atoms with van der Waals surface area (Å²) in [6.45, 7) is 3.92. The van der Waals surface area contributed by atoms with Crippen LogP contribution in [0.25, 0.3) is 0 Å². The molecule has 0 heterocycles. The van der Waals surface area contributed by atoms with Crippen LogP contribution >= 0.6 is 0 Å². The highest BCUT2D eigenvalue weighted by molar-refractivity contribution is 5.86. The molecule has 3 N–H and O–H groups in total. The summed E-state index contributed by atoms with van der Waals surface area (Å²) in [5.41, 5.74) is 5.75. The first-order valence-electron chi connectivity index (χ1n) is 6.97. The Morgan fingerprint density at radius 3 is 2.77 bits per heavy atom. The van der Waals surface area contributed by atoms with Gasteiger partial charge in [0.2, 0.25) is 0 Å². The summed E-state index contributed by atoms with van der Waals surface area (Å²) < 4.78 is 0. The molecule has 2 aromatic carbocycles. The van der Waals surface area contributed by atoms with Gasteiger partial charge in [-0.3, -0.25) is 4.79 Å². The highest BCUT2D eigenvalue weighted by Crippen LogP contribution is 2.19. The molecule has 1 amide bonds. The molecule has 0 atom stereocenters. The number of phenolic OH excluding ortho intramolecular Hbond substituents is 1. The second kappa shape index (κ2) is 7.26. The number of hydrazone groups is 1. The smallest absolute Gasteiger partial charge is 0.259 e. The molecule has 2 aromatic rings. The standard InChI is InChI=1S/C17H19N3O2/c1-12-5-3-8-15(9-12)18-11-16(21)20-19-10-14-7-4-6-13(2)17(14)22/h3-10,18,22H,11H2,1-2H3,(H,20,21)/b19-10+. The average molecular weight is 297 g/mol. The molecule has 0 unspecified atom stereocenters. The van der Waals surface area contributed by atoms with Crippen molar-refractivity contribution in [2.75, 3.05) is 11.9 Å². The number of anilines is 1. The molecule has 0 fully saturated rings. The molecule has 0 radical (unpaired) electrons. The van der Waals surface area contributed by atoms with E-state index in [1.807, 2.05) is 37.3 Å². The third-order valence-electron chi connectivity index (χ3n) is 3.13. The fraction of sp³-hybridized carbons (Fsp3) is 0.176. The number of hydrogen-bond donors (Lipinski definition) is 3. The van der Waals surface area contributed by atoms with Crippen molar-refractivity contribution in [3.63, 3.8) is 0 Å². The van der Waals surface area contributed by atoms with Crippen molar-refractivity contribution in [1.82, 2.24) is 5.43 Å². The number of nitrogens with one attached hydrogen (secondary N) is 2. The van der Waals surface area contributed by atoms with Gasteiger partial charge in [0.25, 0.3) is 5.91 Å². The first-order chi connectivity index (χ1) is 10.6. The third-order valence-corrected chi connectivity index (χ3v) is 3.13. The summed E-state index contributed by atoms with van der Waals surface area (Å²) in [5.74, 6) is -0.0942. The van der Waals surface area contributed by atoms with Crippen molar-refractivity contribution in [3.05, 3.63) is 59.2 Å². The maximum absolute atomic E-state index is 11.7. The number of carbonyl (C=O) groups is 1. The van der Waals surface area contributed by atoms with E-state index in [4.69, 9.17) is 0 Å². The van der Waals surface area contributed by atoms with Gasteiger partial charge in [-0.05, 0) is 43.2 Å². The molecule has 0 aliphatic heterocycles. The number of amides is 1. The van der Waals surface area contributed by atoms with Crippen LogP contribution in [-0.4, -0.2) is 23.8 Å². The highest BCUT2D eigenvalue weighted by atomic mass is 16.3. The summed E-state index contributed by atoms with van der Waals surface area (Å²) in [4.78, 5) is 11.7. The molecule has 5 heteroatoms. The normalized spacial score (nSPS) is 10.6. The zero-order chi connectivity index (χ0) is 15.9. The predicted molar refractivity (Wildman–Crippen MR) is 88.2 cm³/mol. The van der Waals surface area contributed by atoms with Gasteiger partial charge in [-0.1, -0.05) is 24.3 Å². The Hall–Kier alpha value is -2.82. The summed E-state index contributed by atoms with van der Waals surface area (Å²) in [5, 5.41) is 16.7. The molecule has 0 saturated heterocycles. The van der Waals surface area contributed by atoms with E-state index in [1.54, 1.807) is 19.1 Å². The largest absolute Gasteiger partial charge is 0.507 e. The molecule has 0 aliphatic carbocycles. The van der Waals surface area contributed by atoms with Gasteiger partial charge >= 0.3 is 0 Å². The maximum Gasteiger partial charge on any atom is 0.259 e. The molecule has 5 nitrogen and oxygen atoms in total. The van der Waals surface area contributed by atoms with E-state index in [-0.39, 0.29) is 18.2 Å². The van der Waals surface area contributed by atoms with Gasteiger partial charge in [-0.25, -0.2) is 5.43 Å². The van der Waals surface area contributed by atoms with Crippen molar-refractivity contribution in [2.24, 2.45) is 5.10 Å². The molecule has 22 heavy (non-hydrogen) atoms. The fourth-order valence-electron chi connectivity index (χ4n) is 1.94. The molecule has 2 rings (SSSR count). The summed E-state index contributed by atoms with van der Waals surface area (Å²) in [6, 6.07) is 13.1. The average Bonchev–Trinajstić information content (AvgIpc) is 2.49. The summed E-state index contributed by atoms with van der Waals surface area (Å²) in [6.07, 6.45) is 1.42. The number of nitrogens with zero attached hydrogens (tertiary/aromatic N) is 1. The number of phenols is 1. The van der Waals surface area contributed by atoms with E-state index in [0.717, 1.165) is 16.8 Å². The third kappa shape index (κ3) is 4.34. The summed E-state index contributed by atoms with van der Waals surface area (Å²) in [7, 11) is 0. The van der Waals surface area contributed by atoms with E-state index >= 15 is 0 Å². The van der Waals surface area contributed by atoms with Gasteiger partial charge in [0.05, 0.1) is 12.8 Å². The minimum Gasteiger partial charge on any atom is -0.507 e. The van der Waals surface area contributed by atoms with Gasteiger partial charge in [0.1, 0.15) is 5.75 Å². The number of hydrogen-bond acceptors (Lipinski definition) is 4. The van der Waals surface area contributed by atoms with E-state index in [2.05, 4.69) is 15.8 Å². The minimum atomic E-state index is -0.259. The molecule has 0 aliphatic rings. The van der Waals surface area contributed by atoms with Crippen LogP contribution in [0.4, 0.5) is 5.69 Å². The van der Waals surface area contributed by atoms with Gasteiger partial charge in [-0.2, -0.15) is 5.10 Å². The van der Waals surface area contributed by atoms with Crippen LogP contribution in [0.5, 0.6) is 5.75 Å². The number of rotatable bonds is 5. The first kappa shape index (κ1) is 15.6. The SMILES string of the molecule is Cc1cccc(NCC(=O)N/N=C/c2cccc(C)c2O)c1. The molecular weight excluding hydrogens is 278 g/mol. The number of aromatic hydroxyl groups is 1. The first-order valence-corrected chi connectivity index (χ1v) is 6.97. The Morgan fingerprint density at radius 2 is 2.00 bits per heavy atom. The van der Waals surface area contributed by atoms with Gasteiger partial charge < -0.3 is 10.4 Å². The van der Waals surface area contributed by atoms with E-state index in [1.165, 1.54) is 6.21 Å². The van der Waals surface area contributed by atoms with Gasteiger partial charge in [-0.15, -0.1) is 0 Å². The Morgan fingerprint density at radius 1 is 1.23 bits per heavy atom. The van der Waals surface area contributed by atoms with Crippen LogP contribution in [0.15, 0.2) is 47.6 Å². The van der Waals surface area contributed by atoms with Gasteiger partial charge in [0.15, 0.2) is 0 Å². The monoisotopic (exact) mass is 297 g/mol. The zero-order valence-corrected chi connectivity index (χ0v) is 12.6. The van der Waals surface area contributed by atoms with Crippen molar-refractivity contribution >= 4 is 17.8 Å². The second-order valence-corrected chi connectivity index (χ2v) is 5.03. The van der Waals surface area contributed by atoms with Crippen LogP contribution in [0.2, 0.25) is 0 Å². The van der Waals surface area contributed by atoms with E-state index in [0.29, 0.717) is 5.56 Å². The number of carbonyl (C=O) groups excluding carboxylic acids is 1. The molecule has 0 aromatic heterocycles. The van der Waals surface area contributed by atoms with Gasteiger partial charge in [0, 0.05) is 11.3 Å². The number of aryl methyl sites for hydroxylation is 2. The minimum absolute atomic E-state index is 0.126. The molecular formula is C17H19N3O2. The van der Waals surface area contributed by atoms with Crippen LogP contribution in [-0.2, 0) is 4.79 Å². The Kier molecular flexibility index (Phi) is 5.14. The fourth-order valence-corrected chi connectivity index (χ4v) is 1.94. The van der Waals surface area contributed by atoms with Crippen LogP contribution < -0.4 is 10.7 Å². The Labute approximate surface area is 129 Å². The van der Waals surface area contributed by atoms with E-state index in [9.17, 15) is 9.90 Å². The molecule has 0 bridgehead atoms. The van der Waals surface area contributed by atoms with Crippen molar-refractivity contribution in [2.45, 2.75) is 13.8 Å².